The molecule has 0 spiro atoms. The standard InChI is InChI=1S/C13H7N3S/c1-2-9-10(14-5-1)4-3-8-6-11-13(15-7-17-11)16-12(8)9/h1-7H. The number of benzene rings is 1. The van der Waals surface area contributed by atoms with Crippen molar-refractivity contribution in [1.82, 2.24) is 15.0 Å². The molecule has 0 aliphatic heterocycles. The van der Waals surface area contributed by atoms with E-state index in [0.29, 0.717) is 0 Å². The summed E-state index contributed by atoms with van der Waals surface area (Å²) in [6, 6.07) is 10.2. The van der Waals surface area contributed by atoms with E-state index in [0.717, 1.165) is 32.2 Å². The first-order valence-electron chi connectivity index (χ1n) is 5.29. The van der Waals surface area contributed by atoms with Crippen LogP contribution in [0.3, 0.4) is 0 Å². The van der Waals surface area contributed by atoms with Gasteiger partial charge in [0.1, 0.15) is 0 Å². The molecule has 0 aliphatic rings. The minimum absolute atomic E-state index is 0.818. The first kappa shape index (κ1) is 9.01. The first-order valence-corrected chi connectivity index (χ1v) is 6.17. The summed E-state index contributed by atoms with van der Waals surface area (Å²) in [5.41, 5.74) is 4.60. The molecule has 0 radical (unpaired) electrons. The molecule has 0 unspecified atom stereocenters. The summed E-state index contributed by atoms with van der Waals surface area (Å²) in [7, 11) is 0. The van der Waals surface area contributed by atoms with E-state index in [2.05, 4.69) is 33.2 Å². The minimum atomic E-state index is 0.818. The van der Waals surface area contributed by atoms with Crippen LogP contribution in [0.15, 0.2) is 42.0 Å². The molecule has 0 bridgehead atoms. The quantitative estimate of drug-likeness (QED) is 0.440. The van der Waals surface area contributed by atoms with Gasteiger partial charge in [0.25, 0.3) is 0 Å². The van der Waals surface area contributed by atoms with Gasteiger partial charge in [0.05, 0.1) is 21.2 Å². The number of hydrogen-bond donors (Lipinski definition) is 0. The Kier molecular flexibility index (Phi) is 1.70. The highest BCUT2D eigenvalue weighted by Crippen LogP contribution is 2.26. The van der Waals surface area contributed by atoms with Gasteiger partial charge in [0.2, 0.25) is 0 Å². The van der Waals surface area contributed by atoms with Crippen LogP contribution in [0.5, 0.6) is 0 Å². The fourth-order valence-electron chi connectivity index (χ4n) is 2.07. The second kappa shape index (κ2) is 3.21. The molecule has 0 saturated carbocycles. The van der Waals surface area contributed by atoms with Gasteiger partial charge < -0.3 is 0 Å². The van der Waals surface area contributed by atoms with Gasteiger partial charge in [-0.15, -0.1) is 11.3 Å². The van der Waals surface area contributed by atoms with Crippen molar-refractivity contribution in [2.75, 3.05) is 0 Å². The van der Waals surface area contributed by atoms with Crippen molar-refractivity contribution in [2.45, 2.75) is 0 Å². The number of hydrogen-bond acceptors (Lipinski definition) is 4. The summed E-state index contributed by atoms with van der Waals surface area (Å²) in [6.07, 6.45) is 1.80. The van der Waals surface area contributed by atoms with Crippen molar-refractivity contribution in [3.63, 3.8) is 0 Å². The number of fused-ring (bicyclic) bond motifs is 4. The average Bonchev–Trinajstić information content (AvgIpc) is 2.83. The molecular weight excluding hydrogens is 230 g/mol. The maximum Gasteiger partial charge on any atom is 0.170 e. The first-order chi connectivity index (χ1) is 8.42. The number of aromatic nitrogens is 3. The van der Waals surface area contributed by atoms with Crippen LogP contribution >= 0.6 is 11.3 Å². The van der Waals surface area contributed by atoms with Gasteiger partial charge in [0, 0.05) is 17.0 Å². The number of thiazole rings is 1. The molecule has 0 saturated heterocycles. The Bertz CT molecular complexity index is 851. The third kappa shape index (κ3) is 1.24. The zero-order valence-corrected chi connectivity index (χ0v) is 9.61. The van der Waals surface area contributed by atoms with Crippen molar-refractivity contribution in [2.24, 2.45) is 0 Å². The summed E-state index contributed by atoms with van der Waals surface area (Å²) < 4.78 is 1.13. The summed E-state index contributed by atoms with van der Waals surface area (Å²) >= 11 is 1.62. The van der Waals surface area contributed by atoms with E-state index < -0.39 is 0 Å². The Morgan fingerprint density at radius 2 is 2.06 bits per heavy atom. The maximum absolute atomic E-state index is 4.63. The Morgan fingerprint density at radius 3 is 3.06 bits per heavy atom. The smallest absolute Gasteiger partial charge is 0.170 e. The molecule has 0 amide bonds. The lowest BCUT2D eigenvalue weighted by molar-refractivity contribution is 1.37. The molecule has 3 nitrogen and oxygen atoms in total. The second-order valence-corrected chi connectivity index (χ2v) is 4.76. The van der Waals surface area contributed by atoms with Crippen molar-refractivity contribution in [1.29, 1.82) is 0 Å². The van der Waals surface area contributed by atoms with E-state index >= 15 is 0 Å². The van der Waals surface area contributed by atoms with Crippen molar-refractivity contribution in [3.05, 3.63) is 42.0 Å². The van der Waals surface area contributed by atoms with Gasteiger partial charge in [-0.2, -0.15) is 0 Å². The van der Waals surface area contributed by atoms with E-state index in [-0.39, 0.29) is 0 Å². The van der Waals surface area contributed by atoms with Gasteiger partial charge in [-0.05, 0) is 24.3 Å². The van der Waals surface area contributed by atoms with Gasteiger partial charge in [-0.25, -0.2) is 9.97 Å². The van der Waals surface area contributed by atoms with Crippen LogP contribution < -0.4 is 0 Å². The fraction of sp³-hybridized carbons (Fsp3) is 0. The lowest BCUT2D eigenvalue weighted by atomic mass is 10.1. The minimum Gasteiger partial charge on any atom is -0.256 e. The summed E-state index contributed by atoms with van der Waals surface area (Å²) in [5.74, 6) is 0. The van der Waals surface area contributed by atoms with Crippen molar-refractivity contribution in [3.8, 4) is 0 Å². The van der Waals surface area contributed by atoms with Crippen LogP contribution in [0, 0.1) is 0 Å². The Morgan fingerprint density at radius 1 is 1.06 bits per heavy atom. The predicted molar refractivity (Wildman–Crippen MR) is 70.2 cm³/mol. The van der Waals surface area contributed by atoms with Crippen LogP contribution in [-0.4, -0.2) is 15.0 Å². The number of nitrogens with zero attached hydrogens (tertiary/aromatic N) is 3. The van der Waals surface area contributed by atoms with Crippen molar-refractivity contribution >= 4 is 43.5 Å². The lowest BCUT2D eigenvalue weighted by Gasteiger charge is -2.01. The summed E-state index contributed by atoms with van der Waals surface area (Å²) in [5, 5.41) is 2.22. The average molecular weight is 237 g/mol. The summed E-state index contributed by atoms with van der Waals surface area (Å²) in [4.78, 5) is 13.2. The van der Waals surface area contributed by atoms with Crippen LogP contribution in [0.2, 0.25) is 0 Å². The van der Waals surface area contributed by atoms with Crippen molar-refractivity contribution < 1.29 is 0 Å². The molecule has 3 heterocycles. The van der Waals surface area contributed by atoms with E-state index in [4.69, 9.17) is 0 Å². The maximum atomic E-state index is 4.63. The van der Waals surface area contributed by atoms with Crippen LogP contribution in [0.25, 0.3) is 32.2 Å². The highest BCUT2D eigenvalue weighted by molar-refractivity contribution is 7.16. The normalized spacial score (nSPS) is 11.5. The molecule has 0 N–H and O–H groups in total. The predicted octanol–water partition coefficient (Wildman–Crippen LogP) is 3.39. The van der Waals surface area contributed by atoms with Crippen LogP contribution in [0.4, 0.5) is 0 Å². The zero-order chi connectivity index (χ0) is 11.2. The SMILES string of the molecule is c1cnc2ccc3cc4scnc4nc3c2c1. The zero-order valence-electron chi connectivity index (χ0n) is 8.79. The third-order valence-electron chi connectivity index (χ3n) is 2.87. The van der Waals surface area contributed by atoms with Gasteiger partial charge >= 0.3 is 0 Å². The highest BCUT2D eigenvalue weighted by Gasteiger charge is 2.05. The Labute approximate surface area is 101 Å². The van der Waals surface area contributed by atoms with Crippen LogP contribution in [0.1, 0.15) is 0 Å². The molecule has 1 aromatic carbocycles. The monoisotopic (exact) mass is 237 g/mol. The van der Waals surface area contributed by atoms with Crippen LogP contribution in [-0.2, 0) is 0 Å². The number of pyridine rings is 2. The van der Waals surface area contributed by atoms with E-state index in [1.807, 2.05) is 17.6 Å². The lowest BCUT2D eigenvalue weighted by Crippen LogP contribution is -1.84. The molecule has 4 aromatic rings. The summed E-state index contributed by atoms with van der Waals surface area (Å²) in [6.45, 7) is 0. The molecule has 17 heavy (non-hydrogen) atoms. The molecule has 0 aliphatic carbocycles. The molecule has 0 fully saturated rings. The molecule has 4 rings (SSSR count). The molecule has 80 valence electrons. The Balaban J connectivity index is 2.30. The van der Waals surface area contributed by atoms with E-state index in [1.165, 1.54) is 0 Å². The van der Waals surface area contributed by atoms with E-state index in [9.17, 15) is 0 Å². The molecule has 0 atom stereocenters. The number of rotatable bonds is 0. The Hall–Kier alpha value is -2.07. The molecule has 4 heteroatoms. The van der Waals surface area contributed by atoms with E-state index in [1.54, 1.807) is 17.5 Å². The largest absolute Gasteiger partial charge is 0.256 e. The van der Waals surface area contributed by atoms with Gasteiger partial charge in [-0.3, -0.25) is 4.98 Å². The topological polar surface area (TPSA) is 38.7 Å². The highest BCUT2D eigenvalue weighted by atomic mass is 32.1. The second-order valence-electron chi connectivity index (χ2n) is 3.87. The van der Waals surface area contributed by atoms with Gasteiger partial charge in [-0.1, -0.05) is 6.07 Å². The molecule has 3 aromatic heterocycles. The molecular formula is C13H7N3S. The third-order valence-corrected chi connectivity index (χ3v) is 3.63. The van der Waals surface area contributed by atoms with Gasteiger partial charge in [0.15, 0.2) is 5.65 Å². The fourth-order valence-corrected chi connectivity index (χ4v) is 2.74.